The van der Waals surface area contributed by atoms with Gasteiger partial charge in [-0.1, -0.05) is 0 Å². The van der Waals surface area contributed by atoms with Gasteiger partial charge in [0.2, 0.25) is 5.82 Å². The van der Waals surface area contributed by atoms with Crippen LogP contribution in [0.1, 0.15) is 20.8 Å². The Balaban J connectivity index is 3.01. The van der Waals surface area contributed by atoms with Gasteiger partial charge in [-0.25, -0.2) is 4.98 Å². The summed E-state index contributed by atoms with van der Waals surface area (Å²) in [5.74, 6) is 0.398. The topological polar surface area (TPSA) is 106 Å². The largest absolute Gasteiger partial charge is 0.389 e. The number of aromatic nitrogens is 1. The van der Waals surface area contributed by atoms with Crippen LogP contribution in [-0.4, -0.2) is 33.7 Å². The third-order valence-electron chi connectivity index (χ3n) is 2.37. The molecule has 1 heterocycles. The fourth-order valence-electron chi connectivity index (χ4n) is 1.61. The molecule has 0 bridgehead atoms. The first-order valence-electron chi connectivity index (χ1n) is 5.63. The maximum Gasteiger partial charge on any atom is 0.311 e. The second-order valence-corrected chi connectivity index (χ2v) is 4.66. The molecule has 0 radical (unpaired) electrons. The predicted octanol–water partition coefficient (Wildman–Crippen LogP) is 1.17. The Kier molecular flexibility index (Phi) is 4.07. The first-order chi connectivity index (χ1) is 8.24. The monoisotopic (exact) mass is 254 g/mol. The summed E-state index contributed by atoms with van der Waals surface area (Å²) in [5.41, 5.74) is 4.45. The van der Waals surface area contributed by atoms with Crippen molar-refractivity contribution in [3.63, 3.8) is 0 Å². The fourth-order valence-corrected chi connectivity index (χ4v) is 1.61. The van der Waals surface area contributed by atoms with Crippen LogP contribution in [0.15, 0.2) is 12.1 Å². The number of hydrogen-bond donors (Lipinski definition) is 2. The van der Waals surface area contributed by atoms with E-state index in [1.807, 2.05) is 6.92 Å². The van der Waals surface area contributed by atoms with Gasteiger partial charge in [-0.05, 0) is 26.8 Å². The number of likely N-dealkylation sites (N-methyl/N-ethyl adjacent to an activating group) is 1. The first kappa shape index (κ1) is 14.2. The van der Waals surface area contributed by atoms with Gasteiger partial charge in [0.1, 0.15) is 5.82 Å². The van der Waals surface area contributed by atoms with Crippen LogP contribution in [0.3, 0.4) is 0 Å². The molecular formula is C11H18N4O3. The van der Waals surface area contributed by atoms with E-state index in [2.05, 4.69) is 4.98 Å². The van der Waals surface area contributed by atoms with Crippen molar-refractivity contribution < 1.29 is 10.0 Å². The molecule has 0 atom stereocenters. The summed E-state index contributed by atoms with van der Waals surface area (Å²) in [6, 6.07) is 2.86. The zero-order valence-electron chi connectivity index (χ0n) is 10.8. The van der Waals surface area contributed by atoms with Crippen molar-refractivity contribution in [2.24, 2.45) is 0 Å². The number of anilines is 2. The molecule has 0 unspecified atom stereocenters. The number of nitro groups is 1. The van der Waals surface area contributed by atoms with E-state index in [0.717, 1.165) is 0 Å². The van der Waals surface area contributed by atoms with Crippen LogP contribution < -0.4 is 10.6 Å². The Labute approximate surface area is 105 Å². The highest BCUT2D eigenvalue weighted by molar-refractivity contribution is 5.58. The molecular weight excluding hydrogens is 236 g/mol. The summed E-state index contributed by atoms with van der Waals surface area (Å²) >= 11 is 0. The normalized spacial score (nSPS) is 11.3. The number of nitrogens with two attached hydrogens (primary N) is 1. The van der Waals surface area contributed by atoms with Crippen molar-refractivity contribution in [2.75, 3.05) is 23.7 Å². The molecule has 1 aromatic heterocycles. The van der Waals surface area contributed by atoms with Gasteiger partial charge in [-0.2, -0.15) is 0 Å². The minimum Gasteiger partial charge on any atom is -0.389 e. The van der Waals surface area contributed by atoms with E-state index in [0.29, 0.717) is 18.9 Å². The number of nitrogen functional groups attached to an aromatic ring is 1. The lowest BCUT2D eigenvalue weighted by Crippen LogP contribution is -2.39. The summed E-state index contributed by atoms with van der Waals surface area (Å²) in [4.78, 5) is 15.9. The molecule has 18 heavy (non-hydrogen) atoms. The van der Waals surface area contributed by atoms with E-state index < -0.39 is 10.5 Å². The Morgan fingerprint density at radius 3 is 2.56 bits per heavy atom. The van der Waals surface area contributed by atoms with Crippen molar-refractivity contribution >= 4 is 17.3 Å². The van der Waals surface area contributed by atoms with Gasteiger partial charge in [0, 0.05) is 19.2 Å². The SMILES string of the molecule is CCN(CC(C)(C)O)c1ccc([N+](=O)[O-])c(N)n1. The maximum atomic E-state index is 10.6. The lowest BCUT2D eigenvalue weighted by molar-refractivity contribution is -0.384. The molecule has 0 aliphatic rings. The maximum absolute atomic E-state index is 10.6. The minimum atomic E-state index is -0.881. The van der Waals surface area contributed by atoms with E-state index in [9.17, 15) is 15.2 Å². The molecule has 0 saturated carbocycles. The molecule has 0 aliphatic carbocycles. The third-order valence-corrected chi connectivity index (χ3v) is 2.37. The van der Waals surface area contributed by atoms with Crippen LogP contribution in [0.5, 0.6) is 0 Å². The Morgan fingerprint density at radius 2 is 2.17 bits per heavy atom. The molecule has 1 rings (SSSR count). The van der Waals surface area contributed by atoms with Gasteiger partial charge in [0.05, 0.1) is 10.5 Å². The Morgan fingerprint density at radius 1 is 1.56 bits per heavy atom. The summed E-state index contributed by atoms with van der Waals surface area (Å²) in [6.45, 7) is 6.27. The van der Waals surface area contributed by atoms with E-state index in [1.54, 1.807) is 18.7 Å². The van der Waals surface area contributed by atoms with Crippen LogP contribution in [0.4, 0.5) is 17.3 Å². The van der Waals surface area contributed by atoms with Crippen LogP contribution in [0.25, 0.3) is 0 Å². The van der Waals surface area contributed by atoms with Crippen LogP contribution in [-0.2, 0) is 0 Å². The highest BCUT2D eigenvalue weighted by atomic mass is 16.6. The Bertz CT molecular complexity index is 442. The van der Waals surface area contributed by atoms with Crippen molar-refractivity contribution in [2.45, 2.75) is 26.4 Å². The standard InChI is InChI=1S/C11H18N4O3/c1-4-14(7-11(2,3)16)9-6-5-8(15(17)18)10(12)13-9/h5-6,16H,4,7H2,1-3H3,(H2,12,13). The lowest BCUT2D eigenvalue weighted by Gasteiger charge is -2.28. The molecule has 0 aromatic carbocycles. The highest BCUT2D eigenvalue weighted by Gasteiger charge is 2.20. The van der Waals surface area contributed by atoms with Crippen molar-refractivity contribution in [1.29, 1.82) is 0 Å². The molecule has 1 aromatic rings. The van der Waals surface area contributed by atoms with Gasteiger partial charge in [0.15, 0.2) is 0 Å². The third kappa shape index (κ3) is 3.56. The van der Waals surface area contributed by atoms with Gasteiger partial charge in [-0.15, -0.1) is 0 Å². The van der Waals surface area contributed by atoms with E-state index in [1.165, 1.54) is 12.1 Å². The Hall–Kier alpha value is -1.89. The van der Waals surface area contributed by atoms with Crippen LogP contribution in [0, 0.1) is 10.1 Å². The molecule has 3 N–H and O–H groups in total. The zero-order chi connectivity index (χ0) is 13.9. The van der Waals surface area contributed by atoms with Crippen molar-refractivity contribution in [1.82, 2.24) is 4.98 Å². The number of pyridine rings is 1. The van der Waals surface area contributed by atoms with Gasteiger partial charge in [0.25, 0.3) is 0 Å². The zero-order valence-corrected chi connectivity index (χ0v) is 10.8. The molecule has 7 nitrogen and oxygen atoms in total. The number of hydrogen-bond acceptors (Lipinski definition) is 6. The molecule has 0 spiro atoms. The molecule has 0 amide bonds. The van der Waals surface area contributed by atoms with Crippen molar-refractivity contribution in [3.05, 3.63) is 22.2 Å². The van der Waals surface area contributed by atoms with Gasteiger partial charge < -0.3 is 15.7 Å². The number of nitrogens with zero attached hydrogens (tertiary/aromatic N) is 3. The summed E-state index contributed by atoms with van der Waals surface area (Å²) in [7, 11) is 0. The smallest absolute Gasteiger partial charge is 0.311 e. The number of rotatable bonds is 5. The number of aliphatic hydroxyl groups is 1. The lowest BCUT2D eigenvalue weighted by atomic mass is 10.1. The van der Waals surface area contributed by atoms with E-state index in [-0.39, 0.29) is 11.5 Å². The van der Waals surface area contributed by atoms with Gasteiger partial charge in [-0.3, -0.25) is 10.1 Å². The second-order valence-electron chi connectivity index (χ2n) is 4.66. The minimum absolute atomic E-state index is 0.119. The fraction of sp³-hybridized carbons (Fsp3) is 0.545. The average Bonchev–Trinajstić information content (AvgIpc) is 2.24. The summed E-state index contributed by atoms with van der Waals surface area (Å²) in [5, 5.41) is 20.4. The molecule has 100 valence electrons. The quantitative estimate of drug-likeness (QED) is 0.603. The molecule has 0 aliphatic heterocycles. The average molecular weight is 254 g/mol. The highest BCUT2D eigenvalue weighted by Crippen LogP contribution is 2.23. The molecule has 0 saturated heterocycles. The summed E-state index contributed by atoms with van der Waals surface area (Å²) < 4.78 is 0. The second kappa shape index (κ2) is 5.18. The molecule has 7 heteroatoms. The first-order valence-corrected chi connectivity index (χ1v) is 5.63. The summed E-state index contributed by atoms with van der Waals surface area (Å²) in [6.07, 6.45) is 0. The van der Waals surface area contributed by atoms with E-state index in [4.69, 9.17) is 5.73 Å². The van der Waals surface area contributed by atoms with Crippen LogP contribution >= 0.6 is 0 Å². The van der Waals surface area contributed by atoms with Crippen molar-refractivity contribution in [3.8, 4) is 0 Å². The van der Waals surface area contributed by atoms with E-state index >= 15 is 0 Å². The van der Waals surface area contributed by atoms with Gasteiger partial charge >= 0.3 is 5.69 Å². The van der Waals surface area contributed by atoms with Crippen LogP contribution in [0.2, 0.25) is 0 Å². The predicted molar refractivity (Wildman–Crippen MR) is 69.5 cm³/mol. The molecule has 0 fully saturated rings.